The van der Waals surface area contributed by atoms with Crippen LogP contribution in [0.25, 0.3) is 39.2 Å². The Morgan fingerprint density at radius 2 is 1.86 bits per heavy atom. The fourth-order valence-corrected chi connectivity index (χ4v) is 3.26. The Labute approximate surface area is 158 Å². The zero-order valence-electron chi connectivity index (χ0n) is 14.8. The number of nitrogens with one attached hydrogen (secondary N) is 1. The first-order chi connectivity index (χ1) is 13.6. The Morgan fingerprint density at radius 1 is 1.04 bits per heavy atom. The summed E-state index contributed by atoms with van der Waals surface area (Å²) in [5.41, 5.74) is 4.11. The van der Waals surface area contributed by atoms with Crippen LogP contribution in [0.2, 0.25) is 0 Å². The molecule has 0 fully saturated rings. The normalized spacial score (nSPS) is 11.4. The van der Waals surface area contributed by atoms with Crippen molar-refractivity contribution in [3.8, 4) is 22.6 Å². The summed E-state index contributed by atoms with van der Waals surface area (Å²) in [6.45, 7) is 1.77. The summed E-state index contributed by atoms with van der Waals surface area (Å²) in [5.74, 6) is -0.0849. The van der Waals surface area contributed by atoms with Crippen molar-refractivity contribution in [2.24, 2.45) is 0 Å². The van der Waals surface area contributed by atoms with Crippen molar-refractivity contribution in [1.82, 2.24) is 24.6 Å². The number of pyridine rings is 3. The second kappa shape index (κ2) is 6.09. The molecule has 7 heteroatoms. The van der Waals surface area contributed by atoms with E-state index in [2.05, 4.69) is 20.1 Å². The van der Waals surface area contributed by atoms with Crippen molar-refractivity contribution >= 4 is 16.6 Å². The van der Waals surface area contributed by atoms with E-state index in [1.807, 2.05) is 30.3 Å². The van der Waals surface area contributed by atoms with Gasteiger partial charge in [-0.25, -0.2) is 14.5 Å². The summed E-state index contributed by atoms with van der Waals surface area (Å²) in [6, 6.07) is 14.0. The van der Waals surface area contributed by atoms with Crippen molar-refractivity contribution in [3.63, 3.8) is 0 Å². The first kappa shape index (κ1) is 16.3. The van der Waals surface area contributed by atoms with E-state index in [4.69, 9.17) is 0 Å². The maximum atomic E-state index is 13.1. The van der Waals surface area contributed by atoms with Gasteiger partial charge in [-0.05, 0) is 43.3 Å². The standard InChI is InChI=1S/C21H14FN5O/c1-12-19(24-16-5-3-2-4-15(16)20(12)28)21-25-18-9-7-14(11-27(18)26-21)13-6-8-17(22)23-10-13/h2-11H,1H3,(H,24,28). The van der Waals surface area contributed by atoms with Crippen LogP contribution in [0, 0.1) is 12.9 Å². The Morgan fingerprint density at radius 3 is 2.68 bits per heavy atom. The fourth-order valence-electron chi connectivity index (χ4n) is 3.26. The number of aromatic nitrogens is 5. The molecule has 1 aromatic carbocycles. The third-order valence-corrected chi connectivity index (χ3v) is 4.76. The van der Waals surface area contributed by atoms with Gasteiger partial charge in [-0.3, -0.25) is 4.79 Å². The molecule has 136 valence electrons. The van der Waals surface area contributed by atoms with Gasteiger partial charge in [0.1, 0.15) is 0 Å². The molecule has 0 aliphatic carbocycles. The van der Waals surface area contributed by atoms with Crippen molar-refractivity contribution < 1.29 is 4.39 Å². The van der Waals surface area contributed by atoms with Gasteiger partial charge in [-0.1, -0.05) is 12.1 Å². The SMILES string of the molecule is Cc1c(-c2nc3ccc(-c4ccc(F)nc4)cn3n2)[nH]c2ccccc2c1=O. The van der Waals surface area contributed by atoms with E-state index in [1.165, 1.54) is 12.3 Å². The van der Waals surface area contributed by atoms with Gasteiger partial charge in [0.15, 0.2) is 16.9 Å². The van der Waals surface area contributed by atoms with Gasteiger partial charge in [0.2, 0.25) is 5.95 Å². The summed E-state index contributed by atoms with van der Waals surface area (Å²) in [5, 5.41) is 5.17. The molecule has 0 radical (unpaired) electrons. The van der Waals surface area contributed by atoms with Crippen LogP contribution in [0.1, 0.15) is 5.56 Å². The molecule has 0 saturated carbocycles. The molecule has 0 bridgehead atoms. The number of hydrogen-bond donors (Lipinski definition) is 1. The van der Waals surface area contributed by atoms with E-state index < -0.39 is 5.95 Å². The van der Waals surface area contributed by atoms with E-state index in [-0.39, 0.29) is 5.43 Å². The highest BCUT2D eigenvalue weighted by molar-refractivity contribution is 5.82. The third kappa shape index (κ3) is 2.56. The molecule has 4 aromatic heterocycles. The highest BCUT2D eigenvalue weighted by Gasteiger charge is 2.14. The zero-order chi connectivity index (χ0) is 19.3. The molecule has 0 saturated heterocycles. The molecule has 0 aliphatic rings. The number of rotatable bonds is 2. The predicted octanol–water partition coefficient (Wildman–Crippen LogP) is 3.75. The van der Waals surface area contributed by atoms with Crippen LogP contribution in [-0.2, 0) is 0 Å². The number of H-pyrrole nitrogens is 1. The minimum atomic E-state index is -0.524. The number of fused-ring (bicyclic) bond motifs is 2. The molecule has 0 unspecified atom stereocenters. The van der Waals surface area contributed by atoms with Gasteiger partial charge in [-0.15, -0.1) is 5.10 Å². The van der Waals surface area contributed by atoms with E-state index in [9.17, 15) is 9.18 Å². The number of para-hydroxylation sites is 1. The summed E-state index contributed by atoms with van der Waals surface area (Å²) < 4.78 is 14.7. The van der Waals surface area contributed by atoms with E-state index in [1.54, 1.807) is 29.8 Å². The van der Waals surface area contributed by atoms with E-state index in [0.29, 0.717) is 28.1 Å². The Balaban J connectivity index is 1.66. The monoisotopic (exact) mass is 371 g/mol. The number of halogens is 1. The summed E-state index contributed by atoms with van der Waals surface area (Å²) in [6.07, 6.45) is 3.27. The van der Waals surface area contributed by atoms with Crippen molar-refractivity contribution in [2.75, 3.05) is 0 Å². The van der Waals surface area contributed by atoms with Crippen LogP contribution in [-0.4, -0.2) is 24.6 Å². The molecule has 4 heterocycles. The van der Waals surface area contributed by atoms with Crippen LogP contribution in [0.15, 0.2) is 65.7 Å². The van der Waals surface area contributed by atoms with Crippen LogP contribution in [0.4, 0.5) is 4.39 Å². The lowest BCUT2D eigenvalue weighted by Crippen LogP contribution is -2.09. The summed E-state index contributed by atoms with van der Waals surface area (Å²) in [4.78, 5) is 24.2. The van der Waals surface area contributed by atoms with Crippen LogP contribution < -0.4 is 5.43 Å². The second-order valence-electron chi connectivity index (χ2n) is 6.53. The highest BCUT2D eigenvalue weighted by Crippen LogP contribution is 2.22. The zero-order valence-corrected chi connectivity index (χ0v) is 14.8. The van der Waals surface area contributed by atoms with Gasteiger partial charge in [0.25, 0.3) is 0 Å². The average Bonchev–Trinajstić information content (AvgIpc) is 3.14. The van der Waals surface area contributed by atoms with Gasteiger partial charge in [0, 0.05) is 40.0 Å². The summed E-state index contributed by atoms with van der Waals surface area (Å²) in [7, 11) is 0. The minimum absolute atomic E-state index is 0.0405. The smallest absolute Gasteiger partial charge is 0.212 e. The maximum absolute atomic E-state index is 13.1. The molecule has 6 nitrogen and oxygen atoms in total. The molecule has 5 aromatic rings. The molecule has 1 N–H and O–H groups in total. The fraction of sp³-hybridized carbons (Fsp3) is 0.0476. The number of nitrogens with zero attached hydrogens (tertiary/aromatic N) is 4. The van der Waals surface area contributed by atoms with Crippen molar-refractivity contribution in [1.29, 1.82) is 0 Å². The largest absolute Gasteiger partial charge is 0.351 e. The average molecular weight is 371 g/mol. The number of aromatic amines is 1. The maximum Gasteiger partial charge on any atom is 0.212 e. The lowest BCUT2D eigenvalue weighted by Gasteiger charge is -2.04. The lowest BCUT2D eigenvalue weighted by molar-refractivity contribution is 0.584. The number of hydrogen-bond acceptors (Lipinski definition) is 4. The van der Waals surface area contributed by atoms with Gasteiger partial charge >= 0.3 is 0 Å². The van der Waals surface area contributed by atoms with Crippen molar-refractivity contribution in [3.05, 3.63) is 82.7 Å². The lowest BCUT2D eigenvalue weighted by atomic mass is 10.1. The third-order valence-electron chi connectivity index (χ3n) is 4.76. The van der Waals surface area contributed by atoms with Crippen molar-refractivity contribution in [2.45, 2.75) is 6.92 Å². The molecule has 0 atom stereocenters. The number of benzene rings is 1. The van der Waals surface area contributed by atoms with E-state index in [0.717, 1.165) is 16.6 Å². The molecule has 0 aliphatic heterocycles. The Kier molecular flexibility index (Phi) is 3.55. The molecular weight excluding hydrogens is 357 g/mol. The van der Waals surface area contributed by atoms with Crippen LogP contribution >= 0.6 is 0 Å². The molecule has 0 spiro atoms. The first-order valence-electron chi connectivity index (χ1n) is 8.70. The highest BCUT2D eigenvalue weighted by atomic mass is 19.1. The molecule has 0 amide bonds. The Bertz CT molecular complexity index is 1400. The molecule has 28 heavy (non-hydrogen) atoms. The van der Waals surface area contributed by atoms with Crippen LogP contribution in [0.5, 0.6) is 0 Å². The topological polar surface area (TPSA) is 75.9 Å². The first-order valence-corrected chi connectivity index (χ1v) is 8.70. The minimum Gasteiger partial charge on any atom is -0.351 e. The van der Waals surface area contributed by atoms with Gasteiger partial charge in [-0.2, -0.15) is 4.39 Å². The Hall–Kier alpha value is -3.87. The predicted molar refractivity (Wildman–Crippen MR) is 104 cm³/mol. The molecular formula is C21H14FN5O. The second-order valence-corrected chi connectivity index (χ2v) is 6.53. The van der Waals surface area contributed by atoms with Gasteiger partial charge in [0.05, 0.1) is 5.69 Å². The van der Waals surface area contributed by atoms with Gasteiger partial charge < -0.3 is 4.98 Å². The summed E-state index contributed by atoms with van der Waals surface area (Å²) >= 11 is 0. The van der Waals surface area contributed by atoms with E-state index >= 15 is 0 Å². The van der Waals surface area contributed by atoms with Crippen LogP contribution in [0.3, 0.4) is 0 Å². The molecule has 5 rings (SSSR count). The quantitative estimate of drug-likeness (QED) is 0.480.